The second-order valence-electron chi connectivity index (χ2n) is 5.21. The maximum atomic E-state index is 12.2. The second-order valence-corrected chi connectivity index (χ2v) is 5.21. The molecule has 6 heteroatoms. The molecule has 0 fully saturated rings. The number of nitriles is 1. The van der Waals surface area contributed by atoms with E-state index in [4.69, 9.17) is 9.47 Å². The van der Waals surface area contributed by atoms with E-state index in [0.717, 1.165) is 5.56 Å². The van der Waals surface area contributed by atoms with Gasteiger partial charge in [0, 0.05) is 11.8 Å². The molecular formula is C20H15N3O3. The highest BCUT2D eigenvalue weighted by Gasteiger charge is 2.19. The van der Waals surface area contributed by atoms with Crippen LogP contribution in [-0.4, -0.2) is 22.5 Å². The molecule has 128 valence electrons. The van der Waals surface area contributed by atoms with Gasteiger partial charge in [-0.25, -0.2) is 9.78 Å². The van der Waals surface area contributed by atoms with Gasteiger partial charge in [-0.2, -0.15) is 10.2 Å². The summed E-state index contributed by atoms with van der Waals surface area (Å²) in [5, 5.41) is 9.24. The molecule has 2 aromatic carbocycles. The van der Waals surface area contributed by atoms with E-state index in [1.54, 1.807) is 31.2 Å². The molecule has 0 aliphatic carbocycles. The Morgan fingerprint density at radius 1 is 1.12 bits per heavy atom. The summed E-state index contributed by atoms with van der Waals surface area (Å²) in [7, 11) is 0. The number of nitrogens with zero attached hydrogens (tertiary/aromatic N) is 3. The summed E-state index contributed by atoms with van der Waals surface area (Å²) >= 11 is 0. The fraction of sp³-hybridized carbons (Fsp3) is 0.100. The van der Waals surface area contributed by atoms with Crippen molar-refractivity contribution in [2.45, 2.75) is 6.92 Å². The maximum absolute atomic E-state index is 12.2. The van der Waals surface area contributed by atoms with Gasteiger partial charge >= 0.3 is 5.97 Å². The largest absolute Gasteiger partial charge is 0.462 e. The summed E-state index contributed by atoms with van der Waals surface area (Å²) in [6, 6.07) is 18.1. The molecule has 6 nitrogen and oxygen atoms in total. The highest BCUT2D eigenvalue weighted by molar-refractivity contribution is 5.91. The standard InChI is InChI=1S/C20H15N3O3/c1-2-25-20(24)16-13-22-18(14-8-4-3-5-9-14)23-19(16)26-17-11-7-6-10-15(17)12-21/h3-11,13H,2H2,1H3. The molecule has 0 N–H and O–H groups in total. The van der Waals surface area contributed by atoms with E-state index in [1.165, 1.54) is 6.20 Å². The zero-order valence-electron chi connectivity index (χ0n) is 14.0. The first-order chi connectivity index (χ1) is 12.7. The van der Waals surface area contributed by atoms with Gasteiger partial charge < -0.3 is 9.47 Å². The molecule has 1 heterocycles. The third kappa shape index (κ3) is 3.68. The summed E-state index contributed by atoms with van der Waals surface area (Å²) in [6.07, 6.45) is 1.37. The molecule has 0 radical (unpaired) electrons. The number of hydrogen-bond acceptors (Lipinski definition) is 6. The Hall–Kier alpha value is -3.72. The highest BCUT2D eigenvalue weighted by atomic mass is 16.5. The van der Waals surface area contributed by atoms with E-state index < -0.39 is 5.97 Å². The predicted molar refractivity (Wildman–Crippen MR) is 94.7 cm³/mol. The minimum atomic E-state index is -0.587. The minimum Gasteiger partial charge on any atom is -0.462 e. The molecule has 1 aromatic heterocycles. The molecular weight excluding hydrogens is 330 g/mol. The monoisotopic (exact) mass is 345 g/mol. The number of carbonyl (C=O) groups excluding carboxylic acids is 1. The normalized spacial score (nSPS) is 10.0. The number of para-hydroxylation sites is 1. The molecule has 0 spiro atoms. The lowest BCUT2D eigenvalue weighted by molar-refractivity contribution is 0.0522. The lowest BCUT2D eigenvalue weighted by Crippen LogP contribution is -2.09. The number of hydrogen-bond donors (Lipinski definition) is 0. The maximum Gasteiger partial charge on any atom is 0.345 e. The Morgan fingerprint density at radius 3 is 2.58 bits per heavy atom. The van der Waals surface area contributed by atoms with E-state index in [-0.39, 0.29) is 18.1 Å². The number of aromatic nitrogens is 2. The number of benzene rings is 2. The summed E-state index contributed by atoms with van der Waals surface area (Å²) < 4.78 is 10.8. The van der Waals surface area contributed by atoms with Gasteiger partial charge in [-0.15, -0.1) is 0 Å². The van der Waals surface area contributed by atoms with Crippen molar-refractivity contribution in [2.75, 3.05) is 6.61 Å². The van der Waals surface area contributed by atoms with Crippen LogP contribution in [-0.2, 0) is 4.74 Å². The van der Waals surface area contributed by atoms with Crippen LogP contribution in [0.3, 0.4) is 0 Å². The zero-order chi connectivity index (χ0) is 18.4. The molecule has 0 aliphatic heterocycles. The van der Waals surface area contributed by atoms with Crippen LogP contribution in [0.5, 0.6) is 11.6 Å². The molecule has 26 heavy (non-hydrogen) atoms. The Bertz CT molecular complexity index is 966. The molecule has 0 atom stereocenters. The van der Waals surface area contributed by atoms with Crippen molar-refractivity contribution in [2.24, 2.45) is 0 Å². The molecule has 3 rings (SSSR count). The average Bonchev–Trinajstić information content (AvgIpc) is 2.69. The molecule has 0 unspecified atom stereocenters. The van der Waals surface area contributed by atoms with Crippen molar-refractivity contribution in [1.82, 2.24) is 9.97 Å². The molecule has 0 bridgehead atoms. The number of ether oxygens (including phenoxy) is 2. The molecule has 0 amide bonds. The Balaban J connectivity index is 2.07. The molecule has 0 saturated carbocycles. The molecule has 0 aliphatic rings. The third-order valence-electron chi connectivity index (χ3n) is 3.50. The predicted octanol–water partition coefficient (Wildman–Crippen LogP) is 3.98. The van der Waals surface area contributed by atoms with E-state index in [2.05, 4.69) is 16.0 Å². The van der Waals surface area contributed by atoms with Crippen molar-refractivity contribution < 1.29 is 14.3 Å². The van der Waals surface area contributed by atoms with Gasteiger partial charge in [0.25, 0.3) is 0 Å². The first-order valence-corrected chi connectivity index (χ1v) is 7.99. The van der Waals surface area contributed by atoms with Crippen LogP contribution >= 0.6 is 0 Å². The van der Waals surface area contributed by atoms with Gasteiger partial charge in [0.05, 0.1) is 12.2 Å². The van der Waals surface area contributed by atoms with Crippen LogP contribution in [0.4, 0.5) is 0 Å². The van der Waals surface area contributed by atoms with E-state index in [1.807, 2.05) is 30.3 Å². The Kier molecular flexibility index (Phi) is 5.20. The first-order valence-electron chi connectivity index (χ1n) is 7.99. The zero-order valence-corrected chi connectivity index (χ0v) is 14.0. The van der Waals surface area contributed by atoms with Gasteiger partial charge in [0.1, 0.15) is 17.4 Å². The fourth-order valence-corrected chi connectivity index (χ4v) is 2.27. The first kappa shape index (κ1) is 17.1. The third-order valence-corrected chi connectivity index (χ3v) is 3.50. The van der Waals surface area contributed by atoms with Gasteiger partial charge in [-0.3, -0.25) is 0 Å². The van der Waals surface area contributed by atoms with Crippen LogP contribution < -0.4 is 4.74 Å². The lowest BCUT2D eigenvalue weighted by atomic mass is 10.2. The Morgan fingerprint density at radius 2 is 1.85 bits per heavy atom. The Labute approximate surface area is 150 Å². The summed E-state index contributed by atoms with van der Waals surface area (Å²) in [5.41, 5.74) is 1.21. The lowest BCUT2D eigenvalue weighted by Gasteiger charge is -2.11. The van der Waals surface area contributed by atoms with E-state index >= 15 is 0 Å². The number of esters is 1. The van der Waals surface area contributed by atoms with Gasteiger partial charge in [0.15, 0.2) is 5.82 Å². The van der Waals surface area contributed by atoms with Crippen molar-refractivity contribution in [1.29, 1.82) is 5.26 Å². The second kappa shape index (κ2) is 7.90. The summed E-state index contributed by atoms with van der Waals surface area (Å²) in [4.78, 5) is 20.8. The van der Waals surface area contributed by atoms with Crippen LogP contribution in [0, 0.1) is 11.3 Å². The van der Waals surface area contributed by atoms with Crippen molar-refractivity contribution in [3.63, 3.8) is 0 Å². The number of carbonyl (C=O) groups is 1. The molecule has 3 aromatic rings. The van der Waals surface area contributed by atoms with E-state index in [0.29, 0.717) is 17.1 Å². The molecule has 0 saturated heterocycles. The highest BCUT2D eigenvalue weighted by Crippen LogP contribution is 2.28. The summed E-state index contributed by atoms with van der Waals surface area (Å²) in [5.74, 6) is 0.165. The van der Waals surface area contributed by atoms with Crippen molar-refractivity contribution >= 4 is 5.97 Å². The fourth-order valence-electron chi connectivity index (χ4n) is 2.27. The topological polar surface area (TPSA) is 85.1 Å². The average molecular weight is 345 g/mol. The minimum absolute atomic E-state index is 0.0417. The smallest absolute Gasteiger partial charge is 0.345 e. The van der Waals surface area contributed by atoms with Crippen molar-refractivity contribution in [3.8, 4) is 29.1 Å². The van der Waals surface area contributed by atoms with Gasteiger partial charge in [-0.1, -0.05) is 42.5 Å². The van der Waals surface area contributed by atoms with Gasteiger partial charge in [0.2, 0.25) is 5.88 Å². The quantitative estimate of drug-likeness (QED) is 0.650. The summed E-state index contributed by atoms with van der Waals surface area (Å²) in [6.45, 7) is 1.93. The van der Waals surface area contributed by atoms with Crippen LogP contribution in [0.2, 0.25) is 0 Å². The van der Waals surface area contributed by atoms with Crippen LogP contribution in [0.1, 0.15) is 22.8 Å². The SMILES string of the molecule is CCOC(=O)c1cnc(-c2ccccc2)nc1Oc1ccccc1C#N. The van der Waals surface area contributed by atoms with E-state index in [9.17, 15) is 10.1 Å². The number of rotatable bonds is 5. The van der Waals surface area contributed by atoms with Crippen LogP contribution in [0.25, 0.3) is 11.4 Å². The van der Waals surface area contributed by atoms with Crippen LogP contribution in [0.15, 0.2) is 60.8 Å². The van der Waals surface area contributed by atoms with Crippen molar-refractivity contribution in [3.05, 3.63) is 71.9 Å². The van der Waals surface area contributed by atoms with Gasteiger partial charge in [-0.05, 0) is 19.1 Å².